The molecule has 0 radical (unpaired) electrons. The van der Waals surface area contributed by atoms with E-state index < -0.39 is 10.1 Å². The van der Waals surface area contributed by atoms with Crippen molar-refractivity contribution in [2.45, 2.75) is 30.6 Å². The lowest BCUT2D eigenvalue weighted by atomic mass is 9.73. The summed E-state index contributed by atoms with van der Waals surface area (Å²) in [5.74, 6) is 1.41. The van der Waals surface area contributed by atoms with Crippen molar-refractivity contribution in [1.29, 1.82) is 0 Å². The van der Waals surface area contributed by atoms with Crippen molar-refractivity contribution in [3.05, 3.63) is 109 Å². The van der Waals surface area contributed by atoms with E-state index in [1.165, 1.54) is 0 Å². The molecule has 0 spiro atoms. The molecular weight excluding hydrogens is 546 g/mol. The Hall–Kier alpha value is -4.60. The quantitative estimate of drug-likeness (QED) is 0.219. The van der Waals surface area contributed by atoms with Gasteiger partial charge in [-0.2, -0.15) is 8.42 Å². The highest BCUT2D eigenvalue weighted by Crippen LogP contribution is 2.45. The highest BCUT2D eigenvalue weighted by Gasteiger charge is 2.36. The number of fused-ring (bicyclic) bond motifs is 2. The number of nitrogens with zero attached hydrogens (tertiary/aromatic N) is 4. The van der Waals surface area contributed by atoms with Crippen LogP contribution in [0, 0.1) is 12.8 Å². The van der Waals surface area contributed by atoms with Gasteiger partial charge in [0.15, 0.2) is 0 Å². The van der Waals surface area contributed by atoms with E-state index in [2.05, 4.69) is 41.4 Å². The van der Waals surface area contributed by atoms with Crippen LogP contribution in [-0.4, -0.2) is 34.4 Å². The van der Waals surface area contributed by atoms with E-state index in [1.54, 1.807) is 30.5 Å². The van der Waals surface area contributed by atoms with Gasteiger partial charge in [-0.05, 0) is 49.9 Å². The zero-order valence-electron chi connectivity index (χ0n) is 23.0. The molecule has 210 valence electrons. The minimum Gasteiger partial charge on any atom is -0.382 e. The molecule has 0 atom stereocenters. The molecule has 1 saturated carbocycles. The van der Waals surface area contributed by atoms with Crippen LogP contribution >= 0.6 is 0 Å². The Labute approximate surface area is 244 Å². The van der Waals surface area contributed by atoms with Crippen LogP contribution in [0.25, 0.3) is 39.1 Å². The second-order valence-corrected chi connectivity index (χ2v) is 12.5. The lowest BCUT2D eigenvalue weighted by Crippen LogP contribution is -2.27. The second kappa shape index (κ2) is 10.3. The fraction of sp³-hybridized carbons (Fsp3) is 0.182. The average Bonchev–Trinajstić information content (AvgIpc) is 3.37. The van der Waals surface area contributed by atoms with Gasteiger partial charge < -0.3 is 5.73 Å². The lowest BCUT2D eigenvalue weighted by Gasteiger charge is -2.34. The Balaban J connectivity index is 1.15. The van der Waals surface area contributed by atoms with Crippen molar-refractivity contribution >= 4 is 32.4 Å². The lowest BCUT2D eigenvalue weighted by molar-refractivity contribution is 0.161. The van der Waals surface area contributed by atoms with Crippen LogP contribution in [0.4, 0.5) is 5.82 Å². The fourth-order valence-corrected chi connectivity index (χ4v) is 6.64. The molecule has 3 heterocycles. The standard InChI is InChI=1S/C33H29N5O3S/c1-21-7-12-27(13-8-21)42(39,40)41-20-22-17-26(18-22)30-31-32(34)35-15-16-38(31)33(37-30)25-10-9-24-11-14-28(36-29(24)19-25)23-5-3-2-4-6-23/h2-16,19,22,26H,17-18,20H2,1H3,(H2,34,35). The zero-order chi connectivity index (χ0) is 28.8. The molecule has 3 aromatic heterocycles. The molecule has 3 aromatic carbocycles. The average molecular weight is 576 g/mol. The van der Waals surface area contributed by atoms with Crippen LogP contribution in [0.15, 0.2) is 102 Å². The second-order valence-electron chi connectivity index (χ2n) is 10.9. The number of rotatable bonds is 7. The summed E-state index contributed by atoms with van der Waals surface area (Å²) >= 11 is 0. The molecule has 8 nitrogen and oxygen atoms in total. The molecular formula is C33H29N5O3S. The topological polar surface area (TPSA) is 112 Å². The van der Waals surface area contributed by atoms with Crippen molar-refractivity contribution in [2.75, 3.05) is 12.3 Å². The largest absolute Gasteiger partial charge is 0.382 e. The predicted octanol–water partition coefficient (Wildman–Crippen LogP) is 6.40. The molecule has 1 aliphatic rings. The van der Waals surface area contributed by atoms with Crippen molar-refractivity contribution < 1.29 is 12.6 Å². The van der Waals surface area contributed by atoms with Gasteiger partial charge in [0.1, 0.15) is 17.2 Å². The molecule has 0 saturated heterocycles. The molecule has 1 fully saturated rings. The van der Waals surface area contributed by atoms with Gasteiger partial charge in [-0.15, -0.1) is 0 Å². The van der Waals surface area contributed by atoms with Crippen molar-refractivity contribution in [2.24, 2.45) is 5.92 Å². The summed E-state index contributed by atoms with van der Waals surface area (Å²) in [5, 5.41) is 1.04. The Bertz CT molecular complexity index is 2030. The van der Waals surface area contributed by atoms with Gasteiger partial charge in [0.2, 0.25) is 0 Å². The van der Waals surface area contributed by atoms with E-state index in [9.17, 15) is 8.42 Å². The number of aromatic nitrogens is 4. The molecule has 0 amide bonds. The van der Waals surface area contributed by atoms with Crippen molar-refractivity contribution in [3.63, 3.8) is 0 Å². The summed E-state index contributed by atoms with van der Waals surface area (Å²) in [6.45, 7) is 2.05. The first-order valence-electron chi connectivity index (χ1n) is 13.9. The van der Waals surface area contributed by atoms with Gasteiger partial charge in [0.05, 0.1) is 28.4 Å². The maximum Gasteiger partial charge on any atom is 0.296 e. The van der Waals surface area contributed by atoms with Crippen LogP contribution < -0.4 is 5.73 Å². The minimum absolute atomic E-state index is 0.106. The molecule has 6 aromatic rings. The molecule has 0 aliphatic heterocycles. The fourth-order valence-electron chi connectivity index (χ4n) is 5.66. The number of aryl methyl sites for hydroxylation is 1. The third-order valence-corrected chi connectivity index (χ3v) is 9.32. The number of hydrogen-bond donors (Lipinski definition) is 1. The summed E-state index contributed by atoms with van der Waals surface area (Å²) in [5.41, 5.74) is 12.8. The molecule has 7 rings (SSSR count). The van der Waals surface area contributed by atoms with E-state index in [4.69, 9.17) is 19.9 Å². The van der Waals surface area contributed by atoms with Gasteiger partial charge in [0.25, 0.3) is 10.1 Å². The maximum atomic E-state index is 12.6. The summed E-state index contributed by atoms with van der Waals surface area (Å²) in [6.07, 6.45) is 5.06. The summed E-state index contributed by atoms with van der Waals surface area (Å²) in [6, 6.07) is 27.1. The first kappa shape index (κ1) is 26.3. The number of nitrogens with two attached hydrogens (primary N) is 1. The monoisotopic (exact) mass is 575 g/mol. The summed E-state index contributed by atoms with van der Waals surface area (Å²) in [7, 11) is -3.80. The number of imidazole rings is 1. The SMILES string of the molecule is Cc1ccc(S(=O)(=O)OCC2CC(c3nc(-c4ccc5ccc(-c6ccccc6)nc5c4)n4ccnc(N)c34)C2)cc1. The van der Waals surface area contributed by atoms with E-state index in [0.29, 0.717) is 5.82 Å². The summed E-state index contributed by atoms with van der Waals surface area (Å²) in [4.78, 5) is 14.5. The molecule has 0 unspecified atom stereocenters. The number of anilines is 1. The van der Waals surface area contributed by atoms with Crippen LogP contribution in [0.3, 0.4) is 0 Å². The normalized spacial score (nSPS) is 17.0. The Morgan fingerprint density at radius 1 is 0.929 bits per heavy atom. The van der Waals surface area contributed by atoms with E-state index in [0.717, 1.165) is 63.2 Å². The van der Waals surface area contributed by atoms with Crippen molar-refractivity contribution in [3.8, 4) is 22.6 Å². The smallest absolute Gasteiger partial charge is 0.296 e. The highest BCUT2D eigenvalue weighted by molar-refractivity contribution is 7.86. The highest BCUT2D eigenvalue weighted by atomic mass is 32.2. The van der Waals surface area contributed by atoms with Crippen LogP contribution in [0.5, 0.6) is 0 Å². The van der Waals surface area contributed by atoms with Crippen molar-refractivity contribution in [1.82, 2.24) is 19.4 Å². The maximum absolute atomic E-state index is 12.6. The van der Waals surface area contributed by atoms with E-state index >= 15 is 0 Å². The number of benzene rings is 3. The molecule has 42 heavy (non-hydrogen) atoms. The molecule has 0 bridgehead atoms. The van der Waals surface area contributed by atoms with E-state index in [-0.39, 0.29) is 23.3 Å². The first-order valence-corrected chi connectivity index (χ1v) is 15.3. The first-order chi connectivity index (χ1) is 20.4. The Morgan fingerprint density at radius 2 is 1.69 bits per heavy atom. The van der Waals surface area contributed by atoms with Crippen LogP contribution in [0.1, 0.15) is 30.0 Å². The minimum atomic E-state index is -3.80. The van der Waals surface area contributed by atoms with Gasteiger partial charge in [-0.1, -0.05) is 66.2 Å². The molecule has 1 aliphatic carbocycles. The van der Waals surface area contributed by atoms with Gasteiger partial charge in [-0.25, -0.2) is 15.0 Å². The summed E-state index contributed by atoms with van der Waals surface area (Å²) < 4.78 is 32.7. The van der Waals surface area contributed by atoms with Gasteiger partial charge >= 0.3 is 0 Å². The number of nitrogen functional groups attached to an aromatic ring is 1. The third kappa shape index (κ3) is 4.80. The third-order valence-electron chi connectivity index (χ3n) is 8.02. The Morgan fingerprint density at radius 3 is 2.48 bits per heavy atom. The van der Waals surface area contributed by atoms with Gasteiger partial charge in [0, 0.05) is 34.8 Å². The predicted molar refractivity (Wildman–Crippen MR) is 163 cm³/mol. The number of hydrogen-bond acceptors (Lipinski definition) is 7. The van der Waals surface area contributed by atoms with E-state index in [1.807, 2.05) is 41.8 Å². The zero-order valence-corrected chi connectivity index (χ0v) is 23.8. The molecule has 2 N–H and O–H groups in total. The van der Waals surface area contributed by atoms with Crippen LogP contribution in [0.2, 0.25) is 0 Å². The molecule has 9 heteroatoms. The number of pyridine rings is 1. The Kier molecular flexibility index (Phi) is 6.48. The van der Waals surface area contributed by atoms with Crippen LogP contribution in [-0.2, 0) is 14.3 Å². The van der Waals surface area contributed by atoms with Gasteiger partial charge in [-0.3, -0.25) is 8.58 Å².